The molecule has 3 aliphatic heterocycles. The highest BCUT2D eigenvalue weighted by Crippen LogP contribution is 2.42. The van der Waals surface area contributed by atoms with Gasteiger partial charge in [-0.3, -0.25) is 14.7 Å². The van der Waals surface area contributed by atoms with Crippen molar-refractivity contribution in [1.29, 1.82) is 0 Å². The summed E-state index contributed by atoms with van der Waals surface area (Å²) in [6.07, 6.45) is 6.20. The first-order valence-corrected chi connectivity index (χ1v) is 11.3. The van der Waals surface area contributed by atoms with E-state index in [1.165, 1.54) is 6.42 Å². The van der Waals surface area contributed by atoms with E-state index in [0.29, 0.717) is 23.1 Å². The van der Waals surface area contributed by atoms with Crippen LogP contribution in [0.5, 0.6) is 5.75 Å². The molecule has 2 aromatic carbocycles. The molecule has 5 heteroatoms. The molecule has 5 nitrogen and oxygen atoms in total. The predicted octanol–water partition coefficient (Wildman–Crippen LogP) is 4.61. The van der Waals surface area contributed by atoms with Crippen LogP contribution in [0, 0.1) is 11.8 Å². The van der Waals surface area contributed by atoms with Gasteiger partial charge < -0.3 is 10.1 Å². The lowest BCUT2D eigenvalue weighted by Gasteiger charge is -2.51. The van der Waals surface area contributed by atoms with Crippen LogP contribution in [0.1, 0.15) is 34.8 Å². The van der Waals surface area contributed by atoms with Gasteiger partial charge in [0, 0.05) is 24.2 Å². The number of ether oxygens (including phenoxy) is 1. The number of hydrogen-bond donors (Lipinski definition) is 1. The highest BCUT2D eigenvalue weighted by atomic mass is 16.5. The van der Waals surface area contributed by atoms with Crippen molar-refractivity contribution < 1.29 is 9.53 Å². The van der Waals surface area contributed by atoms with Crippen molar-refractivity contribution in [2.45, 2.75) is 24.9 Å². The van der Waals surface area contributed by atoms with Crippen molar-refractivity contribution in [3.05, 3.63) is 84.6 Å². The van der Waals surface area contributed by atoms with E-state index in [-0.39, 0.29) is 18.0 Å². The van der Waals surface area contributed by atoms with Crippen molar-refractivity contribution >= 4 is 16.8 Å². The van der Waals surface area contributed by atoms with E-state index in [9.17, 15) is 4.79 Å². The molecule has 0 saturated carbocycles. The van der Waals surface area contributed by atoms with Crippen LogP contribution in [-0.2, 0) is 0 Å². The average Bonchev–Trinajstić information content (AvgIpc) is 2.87. The molecule has 3 fully saturated rings. The summed E-state index contributed by atoms with van der Waals surface area (Å²) >= 11 is 0. The minimum atomic E-state index is -0.145. The first-order valence-electron chi connectivity index (χ1n) is 11.3. The fourth-order valence-corrected chi connectivity index (χ4v) is 5.55. The highest BCUT2D eigenvalue weighted by molar-refractivity contribution is 5.97. The van der Waals surface area contributed by atoms with E-state index < -0.39 is 0 Å². The van der Waals surface area contributed by atoms with Gasteiger partial charge in [0.25, 0.3) is 5.91 Å². The van der Waals surface area contributed by atoms with Crippen LogP contribution in [0.15, 0.2) is 73.4 Å². The molecule has 3 aromatic rings. The Hall–Kier alpha value is -3.18. The monoisotopic (exact) mass is 427 g/mol. The van der Waals surface area contributed by atoms with Crippen LogP contribution in [0.2, 0.25) is 0 Å². The van der Waals surface area contributed by atoms with E-state index in [2.05, 4.69) is 40.0 Å². The summed E-state index contributed by atoms with van der Waals surface area (Å²) in [4.78, 5) is 20.6. The third-order valence-corrected chi connectivity index (χ3v) is 7.19. The van der Waals surface area contributed by atoms with Gasteiger partial charge >= 0.3 is 0 Å². The number of benzene rings is 2. The lowest BCUT2D eigenvalue weighted by molar-refractivity contribution is 0.00169. The molecule has 3 aliphatic rings. The maximum atomic E-state index is 13.5. The van der Waals surface area contributed by atoms with E-state index >= 15 is 0 Å². The normalized spacial score (nSPS) is 25.3. The van der Waals surface area contributed by atoms with Gasteiger partial charge in [0.15, 0.2) is 0 Å². The van der Waals surface area contributed by atoms with Crippen molar-refractivity contribution in [2.75, 3.05) is 20.2 Å². The van der Waals surface area contributed by atoms with E-state index in [4.69, 9.17) is 4.74 Å². The minimum Gasteiger partial charge on any atom is -0.496 e. The number of para-hydroxylation sites is 2. The Bertz CT molecular complexity index is 1140. The maximum Gasteiger partial charge on any atom is 0.255 e. The molecule has 1 amide bonds. The first kappa shape index (κ1) is 20.7. The van der Waals surface area contributed by atoms with Crippen LogP contribution < -0.4 is 10.1 Å². The number of amides is 1. The Morgan fingerprint density at radius 1 is 1.22 bits per heavy atom. The van der Waals surface area contributed by atoms with Crippen LogP contribution in [-0.4, -0.2) is 42.0 Å². The SMILES string of the molecule is C=C[C@H]1CN2CC[C@H]1C[C@@H]2[C@H](NC(=O)c1ccccc1OC)c1ccnc2ccccc12. The van der Waals surface area contributed by atoms with Crippen molar-refractivity contribution in [1.82, 2.24) is 15.2 Å². The van der Waals surface area contributed by atoms with E-state index in [1.54, 1.807) is 7.11 Å². The largest absolute Gasteiger partial charge is 0.496 e. The number of pyridine rings is 1. The van der Waals surface area contributed by atoms with Crippen LogP contribution in [0.3, 0.4) is 0 Å². The number of nitrogens with one attached hydrogen (secondary N) is 1. The van der Waals surface area contributed by atoms with Gasteiger partial charge in [-0.05, 0) is 61.1 Å². The summed E-state index contributed by atoms with van der Waals surface area (Å²) in [7, 11) is 1.60. The predicted molar refractivity (Wildman–Crippen MR) is 127 cm³/mol. The number of carbonyl (C=O) groups is 1. The van der Waals surface area contributed by atoms with Gasteiger partial charge in [-0.25, -0.2) is 0 Å². The molecule has 0 spiro atoms. The van der Waals surface area contributed by atoms with Gasteiger partial charge in [-0.15, -0.1) is 6.58 Å². The van der Waals surface area contributed by atoms with Crippen molar-refractivity contribution in [3.63, 3.8) is 0 Å². The molecule has 1 aromatic heterocycles. The topological polar surface area (TPSA) is 54.5 Å². The number of piperidine rings is 3. The quantitative estimate of drug-likeness (QED) is 0.584. The van der Waals surface area contributed by atoms with Gasteiger partial charge in [-0.1, -0.05) is 36.4 Å². The standard InChI is InChI=1S/C27H29N3O2/c1-3-18-17-30-15-13-19(18)16-24(30)26(21-12-14-28-23-10-6-4-8-20(21)23)29-27(31)22-9-5-7-11-25(22)32-2/h3-12,14,18-19,24,26H,1,13,15-17H2,2H3,(H,29,31)/t18-,19-,24+,26+/m0/s1. The summed E-state index contributed by atoms with van der Waals surface area (Å²) < 4.78 is 5.46. The number of rotatable bonds is 6. The van der Waals surface area contributed by atoms with Crippen molar-refractivity contribution in [2.24, 2.45) is 11.8 Å². The second-order valence-corrected chi connectivity index (χ2v) is 8.82. The molecule has 0 aliphatic carbocycles. The lowest BCUT2D eigenvalue weighted by atomic mass is 9.73. The lowest BCUT2D eigenvalue weighted by Crippen LogP contribution is -2.57. The zero-order chi connectivity index (χ0) is 22.1. The molecule has 2 bridgehead atoms. The minimum absolute atomic E-state index is 0.115. The maximum absolute atomic E-state index is 13.5. The van der Waals surface area contributed by atoms with Gasteiger partial charge in [0.2, 0.25) is 0 Å². The Balaban J connectivity index is 1.55. The molecule has 4 heterocycles. The van der Waals surface area contributed by atoms with E-state index in [0.717, 1.165) is 36.0 Å². The number of carbonyl (C=O) groups excluding carboxylic acids is 1. The van der Waals surface area contributed by atoms with Gasteiger partial charge in [-0.2, -0.15) is 0 Å². The molecule has 5 atom stereocenters. The summed E-state index contributed by atoms with van der Waals surface area (Å²) in [5.74, 6) is 1.61. The Morgan fingerprint density at radius 2 is 2.03 bits per heavy atom. The molecule has 3 saturated heterocycles. The number of hydrogen-bond acceptors (Lipinski definition) is 4. The van der Waals surface area contributed by atoms with E-state index in [1.807, 2.05) is 48.7 Å². The molecule has 32 heavy (non-hydrogen) atoms. The number of aromatic nitrogens is 1. The summed E-state index contributed by atoms with van der Waals surface area (Å²) in [5.41, 5.74) is 2.62. The van der Waals surface area contributed by atoms with Gasteiger partial charge in [0.1, 0.15) is 5.75 Å². The first-order chi connectivity index (χ1) is 15.7. The fraction of sp³-hybridized carbons (Fsp3) is 0.333. The third-order valence-electron chi connectivity index (χ3n) is 7.19. The zero-order valence-electron chi connectivity index (χ0n) is 18.4. The molecule has 1 N–H and O–H groups in total. The Labute approximate surface area is 189 Å². The fourth-order valence-electron chi connectivity index (χ4n) is 5.55. The molecule has 6 rings (SSSR count). The molecular formula is C27H29N3O2. The molecule has 164 valence electrons. The smallest absolute Gasteiger partial charge is 0.255 e. The number of methoxy groups -OCH3 is 1. The third kappa shape index (κ3) is 3.67. The number of fused-ring (bicyclic) bond motifs is 4. The second kappa shape index (κ2) is 8.75. The highest BCUT2D eigenvalue weighted by Gasteiger charge is 2.43. The average molecular weight is 428 g/mol. The Kier molecular flexibility index (Phi) is 5.66. The summed E-state index contributed by atoms with van der Waals surface area (Å²) in [6.45, 7) is 6.12. The molecule has 0 radical (unpaired) electrons. The molecular weight excluding hydrogens is 398 g/mol. The number of nitrogens with zero attached hydrogens (tertiary/aromatic N) is 2. The Morgan fingerprint density at radius 3 is 2.81 bits per heavy atom. The summed E-state index contributed by atoms with van der Waals surface area (Å²) in [6, 6.07) is 17.7. The summed E-state index contributed by atoms with van der Waals surface area (Å²) in [5, 5.41) is 4.48. The van der Waals surface area contributed by atoms with Crippen LogP contribution in [0.25, 0.3) is 10.9 Å². The molecule has 1 unspecified atom stereocenters. The van der Waals surface area contributed by atoms with Crippen LogP contribution >= 0.6 is 0 Å². The zero-order valence-corrected chi connectivity index (χ0v) is 18.4. The van der Waals surface area contributed by atoms with Crippen molar-refractivity contribution in [3.8, 4) is 5.75 Å². The van der Waals surface area contributed by atoms with Gasteiger partial charge in [0.05, 0.1) is 24.2 Å². The second-order valence-electron chi connectivity index (χ2n) is 8.82. The van der Waals surface area contributed by atoms with Crippen LogP contribution in [0.4, 0.5) is 0 Å².